The second-order valence-corrected chi connectivity index (χ2v) is 7.69. The van der Waals surface area contributed by atoms with Gasteiger partial charge in [0.1, 0.15) is 0 Å². The van der Waals surface area contributed by atoms with Crippen LogP contribution < -0.4 is 5.32 Å². The molecule has 0 amide bonds. The molecule has 18 heavy (non-hydrogen) atoms. The number of rotatable bonds is 4. The summed E-state index contributed by atoms with van der Waals surface area (Å²) in [6, 6.07) is 0. The Morgan fingerprint density at radius 2 is 2.11 bits per heavy atom. The fraction of sp³-hybridized carbons (Fsp3) is 0.500. The summed E-state index contributed by atoms with van der Waals surface area (Å²) in [4.78, 5) is 5.88. The molecule has 0 saturated heterocycles. The lowest BCUT2D eigenvalue weighted by atomic mass is 9.98. The highest BCUT2D eigenvalue weighted by atomic mass is 79.9. The van der Waals surface area contributed by atoms with Gasteiger partial charge in [0.2, 0.25) is 0 Å². The van der Waals surface area contributed by atoms with E-state index in [1.165, 1.54) is 21.4 Å². The van der Waals surface area contributed by atoms with Gasteiger partial charge >= 0.3 is 0 Å². The molecule has 2 heterocycles. The molecule has 0 unspecified atom stereocenters. The molecule has 0 aliphatic heterocycles. The largest absolute Gasteiger partial charge is 0.306 e. The van der Waals surface area contributed by atoms with E-state index >= 15 is 0 Å². The fourth-order valence-electron chi connectivity index (χ4n) is 1.41. The van der Waals surface area contributed by atoms with E-state index in [0.29, 0.717) is 0 Å². The fourth-order valence-corrected chi connectivity index (χ4v) is 3.50. The maximum absolute atomic E-state index is 4.65. The molecule has 98 valence electrons. The molecule has 0 atom stereocenters. The van der Waals surface area contributed by atoms with Crippen molar-refractivity contribution in [2.45, 2.75) is 39.3 Å². The Bertz CT molecular complexity index is 513. The molecule has 0 aromatic carbocycles. The third-order valence-electron chi connectivity index (χ3n) is 2.38. The summed E-state index contributed by atoms with van der Waals surface area (Å²) in [7, 11) is 0. The maximum Gasteiger partial charge on any atom is 0.0982 e. The number of hydrogen-bond acceptors (Lipinski definition) is 5. The zero-order valence-corrected chi connectivity index (χ0v) is 13.9. The molecule has 0 fully saturated rings. The monoisotopic (exact) mass is 345 g/mol. The van der Waals surface area contributed by atoms with E-state index in [1.807, 2.05) is 6.20 Å². The molecule has 2 aromatic heterocycles. The van der Waals surface area contributed by atoms with Crippen molar-refractivity contribution in [3.63, 3.8) is 0 Å². The van der Waals surface area contributed by atoms with Crippen molar-refractivity contribution in [2.24, 2.45) is 0 Å². The van der Waals surface area contributed by atoms with Crippen LogP contribution in [0.25, 0.3) is 0 Å². The summed E-state index contributed by atoms with van der Waals surface area (Å²) < 4.78 is 5.20. The van der Waals surface area contributed by atoms with E-state index in [1.54, 1.807) is 11.3 Å². The number of nitrogens with one attached hydrogen (secondary N) is 1. The van der Waals surface area contributed by atoms with Crippen molar-refractivity contribution >= 4 is 38.8 Å². The SMILES string of the molecule is CC(C)(C)c1nc(CNCc2sncc2Br)cs1. The van der Waals surface area contributed by atoms with Crippen LogP contribution in [0.1, 0.15) is 36.3 Å². The van der Waals surface area contributed by atoms with Crippen molar-refractivity contribution in [3.05, 3.63) is 31.6 Å². The summed E-state index contributed by atoms with van der Waals surface area (Å²) in [5.41, 5.74) is 1.26. The second-order valence-electron chi connectivity index (χ2n) is 5.09. The summed E-state index contributed by atoms with van der Waals surface area (Å²) in [6.45, 7) is 8.21. The summed E-state index contributed by atoms with van der Waals surface area (Å²) in [5.74, 6) is 0. The third-order valence-corrected chi connectivity index (χ3v) is 5.44. The quantitative estimate of drug-likeness (QED) is 0.911. The smallest absolute Gasteiger partial charge is 0.0982 e. The van der Waals surface area contributed by atoms with Crippen molar-refractivity contribution in [2.75, 3.05) is 0 Å². The summed E-state index contributed by atoms with van der Waals surface area (Å²) >= 11 is 6.73. The van der Waals surface area contributed by atoms with Crippen molar-refractivity contribution in [3.8, 4) is 0 Å². The highest BCUT2D eigenvalue weighted by Crippen LogP contribution is 2.25. The lowest BCUT2D eigenvalue weighted by Crippen LogP contribution is -2.14. The van der Waals surface area contributed by atoms with E-state index in [0.717, 1.165) is 23.3 Å². The Hall–Kier alpha value is -0.300. The molecule has 2 rings (SSSR count). The molecule has 0 bridgehead atoms. The van der Waals surface area contributed by atoms with Gasteiger partial charge in [-0.3, -0.25) is 0 Å². The topological polar surface area (TPSA) is 37.8 Å². The minimum absolute atomic E-state index is 0.142. The Labute approximate surface area is 124 Å². The second kappa shape index (κ2) is 5.77. The van der Waals surface area contributed by atoms with Gasteiger partial charge in [0.15, 0.2) is 0 Å². The average Bonchev–Trinajstić information content (AvgIpc) is 2.88. The summed E-state index contributed by atoms with van der Waals surface area (Å²) in [6.07, 6.45) is 1.84. The lowest BCUT2D eigenvalue weighted by Gasteiger charge is -2.13. The Morgan fingerprint density at radius 3 is 2.67 bits per heavy atom. The predicted octanol–water partition coefficient (Wildman–Crippen LogP) is 3.95. The van der Waals surface area contributed by atoms with Gasteiger partial charge in [-0.1, -0.05) is 20.8 Å². The minimum atomic E-state index is 0.142. The van der Waals surface area contributed by atoms with Crippen molar-refractivity contribution in [1.29, 1.82) is 0 Å². The molecule has 6 heteroatoms. The standard InChI is InChI=1S/C12H16BrN3S2/c1-12(2,3)11-16-8(7-17-11)4-14-6-10-9(13)5-15-18-10/h5,7,14H,4,6H2,1-3H3. The van der Waals surface area contributed by atoms with Crippen LogP contribution in [-0.2, 0) is 18.5 Å². The number of thiazole rings is 1. The van der Waals surface area contributed by atoms with Crippen LogP contribution in [0.4, 0.5) is 0 Å². The highest BCUT2D eigenvalue weighted by molar-refractivity contribution is 9.10. The molecule has 1 N–H and O–H groups in total. The van der Waals surface area contributed by atoms with E-state index < -0.39 is 0 Å². The zero-order chi connectivity index (χ0) is 13.2. The number of hydrogen-bond donors (Lipinski definition) is 1. The van der Waals surface area contributed by atoms with Gasteiger partial charge in [0, 0.05) is 23.9 Å². The molecular formula is C12H16BrN3S2. The molecule has 0 radical (unpaired) electrons. The van der Waals surface area contributed by atoms with Gasteiger partial charge < -0.3 is 5.32 Å². The van der Waals surface area contributed by atoms with Crippen LogP contribution in [0.2, 0.25) is 0 Å². The van der Waals surface area contributed by atoms with Gasteiger partial charge in [-0.2, -0.15) is 4.37 Å². The van der Waals surface area contributed by atoms with Crippen LogP contribution in [-0.4, -0.2) is 9.36 Å². The van der Waals surface area contributed by atoms with Crippen LogP contribution >= 0.6 is 38.8 Å². The number of nitrogens with zero attached hydrogens (tertiary/aromatic N) is 2. The highest BCUT2D eigenvalue weighted by Gasteiger charge is 2.17. The first-order valence-corrected chi connectivity index (χ1v) is 8.16. The van der Waals surface area contributed by atoms with E-state index in [-0.39, 0.29) is 5.41 Å². The van der Waals surface area contributed by atoms with Crippen LogP contribution in [0, 0.1) is 0 Å². The Balaban J connectivity index is 1.88. The summed E-state index contributed by atoms with van der Waals surface area (Å²) in [5, 5.41) is 6.72. The molecule has 0 aliphatic rings. The molecule has 0 aliphatic carbocycles. The first kappa shape index (κ1) is 14.1. The maximum atomic E-state index is 4.65. The number of aromatic nitrogens is 2. The minimum Gasteiger partial charge on any atom is -0.306 e. The van der Waals surface area contributed by atoms with Crippen molar-refractivity contribution in [1.82, 2.24) is 14.7 Å². The van der Waals surface area contributed by atoms with Gasteiger partial charge in [-0.25, -0.2) is 4.98 Å². The van der Waals surface area contributed by atoms with Gasteiger partial charge in [0.05, 0.1) is 26.2 Å². The van der Waals surface area contributed by atoms with E-state index in [9.17, 15) is 0 Å². The average molecular weight is 346 g/mol. The van der Waals surface area contributed by atoms with Gasteiger partial charge in [0.25, 0.3) is 0 Å². The molecule has 2 aromatic rings. The predicted molar refractivity (Wildman–Crippen MR) is 81.2 cm³/mol. The normalized spacial score (nSPS) is 12.0. The van der Waals surface area contributed by atoms with Crippen LogP contribution in [0.3, 0.4) is 0 Å². The number of halogens is 1. The van der Waals surface area contributed by atoms with Gasteiger partial charge in [-0.15, -0.1) is 11.3 Å². The Kier molecular flexibility index (Phi) is 4.53. The van der Waals surface area contributed by atoms with Crippen LogP contribution in [0.5, 0.6) is 0 Å². The molecule has 0 saturated carbocycles. The molecule has 3 nitrogen and oxygen atoms in total. The first-order chi connectivity index (χ1) is 8.47. The molecule has 0 spiro atoms. The molecular weight excluding hydrogens is 330 g/mol. The Morgan fingerprint density at radius 1 is 1.33 bits per heavy atom. The van der Waals surface area contributed by atoms with E-state index in [4.69, 9.17) is 0 Å². The van der Waals surface area contributed by atoms with Crippen molar-refractivity contribution < 1.29 is 0 Å². The lowest BCUT2D eigenvalue weighted by molar-refractivity contribution is 0.579. The first-order valence-electron chi connectivity index (χ1n) is 5.71. The zero-order valence-electron chi connectivity index (χ0n) is 10.7. The third kappa shape index (κ3) is 3.60. The van der Waals surface area contributed by atoms with E-state index in [2.05, 4.69) is 56.8 Å². The van der Waals surface area contributed by atoms with Crippen LogP contribution in [0.15, 0.2) is 16.0 Å². The van der Waals surface area contributed by atoms with Gasteiger partial charge in [-0.05, 0) is 27.5 Å².